The Hall–Kier alpha value is -1.92. The molecule has 0 aromatic carbocycles. The van der Waals surface area contributed by atoms with Gasteiger partial charge in [0.15, 0.2) is 5.82 Å². The number of imide groups is 1. The maximum Gasteiger partial charge on any atom is 0.325 e. The van der Waals surface area contributed by atoms with Crippen molar-refractivity contribution in [3.63, 3.8) is 0 Å². The van der Waals surface area contributed by atoms with Gasteiger partial charge in [0, 0.05) is 18.9 Å². The van der Waals surface area contributed by atoms with Crippen LogP contribution in [0.15, 0.2) is 4.52 Å². The van der Waals surface area contributed by atoms with Crippen molar-refractivity contribution in [1.82, 2.24) is 20.4 Å². The van der Waals surface area contributed by atoms with E-state index in [0.29, 0.717) is 36.6 Å². The van der Waals surface area contributed by atoms with Crippen molar-refractivity contribution in [1.29, 1.82) is 0 Å². The van der Waals surface area contributed by atoms with Crippen molar-refractivity contribution in [2.24, 2.45) is 5.41 Å². The van der Waals surface area contributed by atoms with Crippen LogP contribution in [-0.2, 0) is 11.2 Å². The van der Waals surface area contributed by atoms with Gasteiger partial charge in [-0.15, -0.1) is 0 Å². The smallest absolute Gasteiger partial charge is 0.325 e. The van der Waals surface area contributed by atoms with Crippen LogP contribution in [-0.4, -0.2) is 39.1 Å². The van der Waals surface area contributed by atoms with E-state index in [-0.39, 0.29) is 11.9 Å². The van der Waals surface area contributed by atoms with Crippen LogP contribution in [0.1, 0.15) is 64.6 Å². The van der Waals surface area contributed by atoms with Gasteiger partial charge in [0.25, 0.3) is 5.91 Å². The first-order chi connectivity index (χ1) is 10.7. The molecule has 2 aliphatic rings. The molecule has 1 atom stereocenters. The zero-order valence-corrected chi connectivity index (χ0v) is 14.2. The Morgan fingerprint density at radius 3 is 2.57 bits per heavy atom. The molecule has 0 spiro atoms. The predicted octanol–water partition coefficient (Wildman–Crippen LogP) is 2.24. The Labute approximate surface area is 135 Å². The van der Waals surface area contributed by atoms with E-state index in [9.17, 15) is 9.59 Å². The molecule has 7 heteroatoms. The molecule has 1 saturated heterocycles. The summed E-state index contributed by atoms with van der Waals surface area (Å²) in [5, 5.41) is 6.75. The Morgan fingerprint density at radius 2 is 2.00 bits per heavy atom. The molecule has 7 nitrogen and oxygen atoms in total. The van der Waals surface area contributed by atoms with Gasteiger partial charge < -0.3 is 9.84 Å². The van der Waals surface area contributed by atoms with E-state index in [2.05, 4.69) is 29.3 Å². The first kappa shape index (κ1) is 16.0. The van der Waals surface area contributed by atoms with Gasteiger partial charge in [-0.3, -0.25) is 9.69 Å². The molecule has 2 heterocycles. The Bertz CT molecular complexity index is 633. The van der Waals surface area contributed by atoms with E-state index in [4.69, 9.17) is 4.52 Å². The summed E-state index contributed by atoms with van der Waals surface area (Å²) in [5.74, 6) is 1.44. The van der Waals surface area contributed by atoms with E-state index < -0.39 is 5.54 Å². The molecule has 126 valence electrons. The molecule has 3 amide bonds. The summed E-state index contributed by atoms with van der Waals surface area (Å²) in [5.41, 5.74) is -0.503. The number of carbonyl (C=O) groups is 2. The number of carbonyl (C=O) groups excluding carboxylic acids is 2. The standard InChI is InChI=1S/C16H24N4O3/c1-10(16(4)7-8-16)12-17-11(23-19-12)6-5-9-20-13(21)15(2,3)18-14(20)22/h10H,5-9H2,1-4H3,(H,18,22). The molecule has 1 N–H and O–H groups in total. The number of rotatable bonds is 6. The fraction of sp³-hybridized carbons (Fsp3) is 0.750. The molecule has 1 aromatic heterocycles. The number of aryl methyl sites for hydroxylation is 1. The van der Waals surface area contributed by atoms with Crippen LogP contribution >= 0.6 is 0 Å². The average Bonchev–Trinajstić information content (AvgIpc) is 3.00. The second-order valence-corrected chi connectivity index (χ2v) is 7.54. The summed E-state index contributed by atoms with van der Waals surface area (Å²) in [7, 11) is 0. The quantitative estimate of drug-likeness (QED) is 0.812. The molecule has 1 aliphatic carbocycles. The third-order valence-electron chi connectivity index (χ3n) is 5.17. The molecule has 2 fully saturated rings. The molecular formula is C16H24N4O3. The first-order valence-electron chi connectivity index (χ1n) is 8.19. The number of nitrogens with one attached hydrogen (secondary N) is 1. The molecule has 3 rings (SSSR count). The van der Waals surface area contributed by atoms with E-state index in [0.717, 1.165) is 5.82 Å². The summed E-state index contributed by atoms with van der Waals surface area (Å²) in [4.78, 5) is 29.6. The highest BCUT2D eigenvalue weighted by molar-refractivity contribution is 6.06. The third kappa shape index (κ3) is 2.96. The van der Waals surface area contributed by atoms with Gasteiger partial charge in [-0.1, -0.05) is 19.0 Å². The zero-order valence-electron chi connectivity index (χ0n) is 14.2. The van der Waals surface area contributed by atoms with Gasteiger partial charge in [-0.25, -0.2) is 4.79 Å². The number of nitrogens with zero attached hydrogens (tertiary/aromatic N) is 3. The Morgan fingerprint density at radius 1 is 1.30 bits per heavy atom. The largest absolute Gasteiger partial charge is 0.339 e. The lowest BCUT2D eigenvalue weighted by molar-refractivity contribution is -0.130. The van der Waals surface area contributed by atoms with Gasteiger partial charge in [0.05, 0.1) is 0 Å². The fourth-order valence-corrected chi connectivity index (χ4v) is 2.90. The average molecular weight is 320 g/mol. The minimum atomic E-state index is -0.816. The van der Waals surface area contributed by atoms with Gasteiger partial charge in [0.2, 0.25) is 5.89 Å². The van der Waals surface area contributed by atoms with E-state index in [1.165, 1.54) is 17.7 Å². The van der Waals surface area contributed by atoms with Crippen molar-refractivity contribution >= 4 is 11.9 Å². The monoisotopic (exact) mass is 320 g/mol. The molecule has 1 aliphatic heterocycles. The van der Waals surface area contributed by atoms with Gasteiger partial charge >= 0.3 is 6.03 Å². The highest BCUT2D eigenvalue weighted by Gasteiger charge is 2.45. The molecule has 1 aromatic rings. The summed E-state index contributed by atoms with van der Waals surface area (Å²) in [6, 6.07) is -0.332. The van der Waals surface area contributed by atoms with Crippen molar-refractivity contribution in [2.45, 2.75) is 64.8 Å². The number of aromatic nitrogens is 2. The summed E-state index contributed by atoms with van der Waals surface area (Å²) in [6.45, 7) is 8.15. The summed E-state index contributed by atoms with van der Waals surface area (Å²) < 4.78 is 5.30. The lowest BCUT2D eigenvalue weighted by Crippen LogP contribution is -2.40. The molecule has 0 bridgehead atoms. The van der Waals surface area contributed by atoms with Crippen LogP contribution in [0.3, 0.4) is 0 Å². The van der Waals surface area contributed by atoms with Crippen molar-refractivity contribution < 1.29 is 14.1 Å². The van der Waals surface area contributed by atoms with E-state index in [1.54, 1.807) is 13.8 Å². The molecule has 0 radical (unpaired) electrons. The summed E-state index contributed by atoms with van der Waals surface area (Å²) in [6.07, 6.45) is 3.59. The lowest BCUT2D eigenvalue weighted by Gasteiger charge is -2.15. The topological polar surface area (TPSA) is 88.3 Å². The third-order valence-corrected chi connectivity index (χ3v) is 5.17. The molecule has 1 saturated carbocycles. The second-order valence-electron chi connectivity index (χ2n) is 7.54. The van der Waals surface area contributed by atoms with Crippen LogP contribution in [0, 0.1) is 5.41 Å². The SMILES string of the molecule is CC(c1noc(CCCN2C(=O)NC(C)(C)C2=O)n1)C1(C)CC1. The van der Waals surface area contributed by atoms with Gasteiger partial charge in [0.1, 0.15) is 5.54 Å². The molecule has 23 heavy (non-hydrogen) atoms. The van der Waals surface area contributed by atoms with E-state index in [1.807, 2.05) is 0 Å². The second kappa shape index (κ2) is 5.32. The van der Waals surface area contributed by atoms with Crippen LogP contribution < -0.4 is 5.32 Å². The van der Waals surface area contributed by atoms with Crippen LogP contribution in [0.2, 0.25) is 0 Å². The highest BCUT2D eigenvalue weighted by atomic mass is 16.5. The van der Waals surface area contributed by atoms with Crippen molar-refractivity contribution in [3.05, 3.63) is 11.7 Å². The highest BCUT2D eigenvalue weighted by Crippen LogP contribution is 2.54. The normalized spacial score (nSPS) is 23.0. The number of hydrogen-bond donors (Lipinski definition) is 1. The Balaban J connectivity index is 1.53. The fourth-order valence-electron chi connectivity index (χ4n) is 2.90. The zero-order chi connectivity index (χ0) is 16.8. The minimum Gasteiger partial charge on any atom is -0.339 e. The number of amides is 3. The lowest BCUT2D eigenvalue weighted by atomic mass is 9.92. The first-order valence-corrected chi connectivity index (χ1v) is 8.19. The maximum atomic E-state index is 12.1. The molecular weight excluding hydrogens is 296 g/mol. The van der Waals surface area contributed by atoms with Crippen LogP contribution in [0.5, 0.6) is 0 Å². The van der Waals surface area contributed by atoms with Crippen LogP contribution in [0.25, 0.3) is 0 Å². The van der Waals surface area contributed by atoms with Crippen LogP contribution in [0.4, 0.5) is 4.79 Å². The Kier molecular flexibility index (Phi) is 3.69. The predicted molar refractivity (Wildman–Crippen MR) is 82.7 cm³/mol. The summed E-state index contributed by atoms with van der Waals surface area (Å²) >= 11 is 0. The van der Waals surface area contributed by atoms with Gasteiger partial charge in [-0.2, -0.15) is 4.98 Å². The van der Waals surface area contributed by atoms with Crippen molar-refractivity contribution in [2.75, 3.05) is 6.54 Å². The van der Waals surface area contributed by atoms with Gasteiger partial charge in [-0.05, 0) is 38.5 Å². The number of urea groups is 1. The number of hydrogen-bond acceptors (Lipinski definition) is 5. The van der Waals surface area contributed by atoms with E-state index >= 15 is 0 Å². The molecule has 1 unspecified atom stereocenters. The maximum absolute atomic E-state index is 12.1. The minimum absolute atomic E-state index is 0.191. The van der Waals surface area contributed by atoms with Crippen molar-refractivity contribution in [3.8, 4) is 0 Å².